The predicted molar refractivity (Wildman–Crippen MR) is 72.7 cm³/mol. The van der Waals surface area contributed by atoms with Crippen LogP contribution in [0, 0.1) is 5.92 Å². The zero-order valence-electron chi connectivity index (χ0n) is 11.1. The van der Waals surface area contributed by atoms with Gasteiger partial charge in [-0.15, -0.1) is 0 Å². The highest BCUT2D eigenvalue weighted by Gasteiger charge is 2.25. The van der Waals surface area contributed by atoms with Gasteiger partial charge in [-0.1, -0.05) is 18.2 Å². The van der Waals surface area contributed by atoms with Crippen LogP contribution in [0.15, 0.2) is 24.3 Å². The molecule has 4 heteroatoms. The predicted octanol–water partition coefficient (Wildman–Crippen LogP) is 2.53. The van der Waals surface area contributed by atoms with Gasteiger partial charge in [-0.2, -0.15) is 0 Å². The van der Waals surface area contributed by atoms with Gasteiger partial charge in [0.05, 0.1) is 6.61 Å². The molecular weight excluding hydrogens is 242 g/mol. The van der Waals surface area contributed by atoms with Crippen LogP contribution in [0.25, 0.3) is 0 Å². The lowest BCUT2D eigenvalue weighted by molar-refractivity contribution is -0.143. The zero-order valence-corrected chi connectivity index (χ0v) is 11.1. The summed E-state index contributed by atoms with van der Waals surface area (Å²) in [5.41, 5.74) is 2.08. The topological polar surface area (TPSA) is 55.4 Å². The molecule has 102 valence electrons. The lowest BCUT2D eigenvalue weighted by atomic mass is 9.89. The van der Waals surface area contributed by atoms with Crippen molar-refractivity contribution in [2.24, 2.45) is 5.92 Å². The quantitative estimate of drug-likeness (QED) is 0.829. The number of benzene rings is 1. The van der Waals surface area contributed by atoms with E-state index in [1.165, 1.54) is 5.56 Å². The second kappa shape index (κ2) is 6.36. The van der Waals surface area contributed by atoms with Gasteiger partial charge in [-0.3, -0.25) is 9.59 Å². The van der Waals surface area contributed by atoms with Crippen molar-refractivity contribution in [3.63, 3.8) is 0 Å². The maximum absolute atomic E-state index is 11.9. The van der Waals surface area contributed by atoms with Crippen LogP contribution in [0.1, 0.15) is 31.7 Å². The minimum absolute atomic E-state index is 0.0377. The summed E-state index contributed by atoms with van der Waals surface area (Å²) >= 11 is 0. The van der Waals surface area contributed by atoms with Gasteiger partial charge in [0.15, 0.2) is 0 Å². The highest BCUT2D eigenvalue weighted by atomic mass is 16.5. The van der Waals surface area contributed by atoms with Crippen molar-refractivity contribution in [2.45, 2.75) is 32.6 Å². The number of anilines is 1. The van der Waals surface area contributed by atoms with Crippen molar-refractivity contribution in [3.05, 3.63) is 29.8 Å². The van der Waals surface area contributed by atoms with Crippen molar-refractivity contribution in [1.82, 2.24) is 0 Å². The largest absolute Gasteiger partial charge is 0.466 e. The average Bonchev–Trinajstić information content (AvgIpc) is 2.39. The monoisotopic (exact) mass is 261 g/mol. The van der Waals surface area contributed by atoms with Gasteiger partial charge in [0.2, 0.25) is 5.91 Å². The number of carbonyl (C=O) groups is 2. The summed E-state index contributed by atoms with van der Waals surface area (Å²) in [6.07, 6.45) is 2.56. The molecule has 19 heavy (non-hydrogen) atoms. The molecule has 1 N–H and O–H groups in total. The van der Waals surface area contributed by atoms with Gasteiger partial charge in [0.25, 0.3) is 0 Å². The van der Waals surface area contributed by atoms with Crippen LogP contribution < -0.4 is 5.32 Å². The summed E-state index contributed by atoms with van der Waals surface area (Å²) in [5, 5.41) is 2.92. The van der Waals surface area contributed by atoms with E-state index in [2.05, 4.69) is 5.32 Å². The number of ether oxygens (including phenoxy) is 1. The summed E-state index contributed by atoms with van der Waals surface area (Å²) in [4.78, 5) is 23.2. The molecule has 0 saturated carbocycles. The number of amides is 1. The Bertz CT molecular complexity index is 470. The lowest BCUT2D eigenvalue weighted by Crippen LogP contribution is -2.29. The van der Waals surface area contributed by atoms with Crippen LogP contribution in [0.2, 0.25) is 0 Å². The van der Waals surface area contributed by atoms with Gasteiger partial charge in [-0.05, 0) is 37.8 Å². The van der Waals surface area contributed by atoms with E-state index >= 15 is 0 Å². The molecule has 0 fully saturated rings. The highest BCUT2D eigenvalue weighted by Crippen LogP contribution is 2.27. The number of fused-ring (bicyclic) bond motifs is 1. The Kier molecular flexibility index (Phi) is 4.55. The van der Waals surface area contributed by atoms with Gasteiger partial charge < -0.3 is 10.1 Å². The average molecular weight is 261 g/mol. The second-order valence-corrected chi connectivity index (χ2v) is 4.74. The number of rotatable bonds is 5. The molecule has 1 amide bonds. The molecule has 2 rings (SSSR count). The first kappa shape index (κ1) is 13.6. The molecule has 1 aromatic rings. The third-order valence-electron chi connectivity index (χ3n) is 3.35. The molecule has 0 aromatic heterocycles. The highest BCUT2D eigenvalue weighted by molar-refractivity contribution is 5.95. The van der Waals surface area contributed by atoms with Crippen molar-refractivity contribution >= 4 is 17.6 Å². The standard InChI is InChI=1S/C15H19NO3/c1-2-19-14(17)9-5-7-12-10-11-6-3-4-8-13(11)16-15(12)18/h3-4,6,8,12H,2,5,7,9-10H2,1H3,(H,16,18). The molecule has 1 aliphatic rings. The summed E-state index contributed by atoms with van der Waals surface area (Å²) in [7, 11) is 0. The van der Waals surface area contributed by atoms with Gasteiger partial charge in [0, 0.05) is 18.0 Å². The van der Waals surface area contributed by atoms with Crippen LogP contribution in [0.3, 0.4) is 0 Å². The molecule has 4 nitrogen and oxygen atoms in total. The third kappa shape index (κ3) is 3.56. The normalized spacial score (nSPS) is 17.5. The molecule has 0 saturated heterocycles. The first-order chi connectivity index (χ1) is 9.20. The fraction of sp³-hybridized carbons (Fsp3) is 0.467. The van der Waals surface area contributed by atoms with E-state index in [1.807, 2.05) is 24.3 Å². The first-order valence-corrected chi connectivity index (χ1v) is 6.75. The molecule has 0 spiro atoms. The molecule has 1 heterocycles. The van der Waals surface area contributed by atoms with Crippen molar-refractivity contribution in [1.29, 1.82) is 0 Å². The SMILES string of the molecule is CCOC(=O)CCCC1Cc2ccccc2NC1=O. The Morgan fingerprint density at radius 2 is 2.21 bits per heavy atom. The number of esters is 1. The molecule has 1 unspecified atom stereocenters. The Morgan fingerprint density at radius 1 is 1.42 bits per heavy atom. The van der Waals surface area contributed by atoms with E-state index in [1.54, 1.807) is 6.92 Å². The summed E-state index contributed by atoms with van der Waals surface area (Å²) in [5.74, 6) is -0.161. The van der Waals surface area contributed by atoms with Gasteiger partial charge in [-0.25, -0.2) is 0 Å². The van der Waals surface area contributed by atoms with Gasteiger partial charge in [0.1, 0.15) is 0 Å². The summed E-state index contributed by atoms with van der Waals surface area (Å²) in [6, 6.07) is 7.85. The van der Waals surface area contributed by atoms with E-state index < -0.39 is 0 Å². The van der Waals surface area contributed by atoms with E-state index in [0.717, 1.165) is 18.5 Å². The Morgan fingerprint density at radius 3 is 3.00 bits per heavy atom. The number of nitrogens with one attached hydrogen (secondary N) is 1. The molecule has 0 aliphatic carbocycles. The van der Waals surface area contributed by atoms with Crippen LogP contribution in [0.4, 0.5) is 5.69 Å². The second-order valence-electron chi connectivity index (χ2n) is 4.74. The van der Waals surface area contributed by atoms with Crippen molar-refractivity contribution in [3.8, 4) is 0 Å². The molecule has 1 aliphatic heterocycles. The number of hydrogen-bond donors (Lipinski definition) is 1. The van der Waals surface area contributed by atoms with Crippen molar-refractivity contribution < 1.29 is 14.3 Å². The Labute approximate surface area is 113 Å². The maximum atomic E-state index is 11.9. The number of hydrogen-bond acceptors (Lipinski definition) is 3. The third-order valence-corrected chi connectivity index (χ3v) is 3.35. The molecular formula is C15H19NO3. The van der Waals surface area contributed by atoms with Crippen LogP contribution >= 0.6 is 0 Å². The Hall–Kier alpha value is -1.84. The zero-order chi connectivity index (χ0) is 13.7. The van der Waals surface area contributed by atoms with E-state index in [-0.39, 0.29) is 17.8 Å². The van der Waals surface area contributed by atoms with Crippen LogP contribution in [-0.2, 0) is 20.7 Å². The molecule has 1 atom stereocenters. The van der Waals surface area contributed by atoms with Gasteiger partial charge >= 0.3 is 5.97 Å². The van der Waals surface area contributed by atoms with E-state index in [4.69, 9.17) is 4.74 Å². The minimum Gasteiger partial charge on any atom is -0.466 e. The first-order valence-electron chi connectivity index (χ1n) is 6.75. The maximum Gasteiger partial charge on any atom is 0.305 e. The summed E-state index contributed by atoms with van der Waals surface area (Å²) < 4.78 is 4.87. The number of carbonyl (C=O) groups excluding carboxylic acids is 2. The molecule has 0 radical (unpaired) electrons. The fourth-order valence-corrected chi connectivity index (χ4v) is 2.37. The van der Waals surface area contributed by atoms with E-state index in [0.29, 0.717) is 19.4 Å². The fourth-order valence-electron chi connectivity index (χ4n) is 2.37. The minimum atomic E-state index is -0.181. The molecule has 1 aromatic carbocycles. The molecule has 0 bridgehead atoms. The lowest BCUT2D eigenvalue weighted by Gasteiger charge is -2.24. The van der Waals surface area contributed by atoms with Crippen LogP contribution in [-0.4, -0.2) is 18.5 Å². The van der Waals surface area contributed by atoms with E-state index in [9.17, 15) is 9.59 Å². The number of para-hydroxylation sites is 1. The smallest absolute Gasteiger partial charge is 0.305 e. The van der Waals surface area contributed by atoms with Crippen LogP contribution in [0.5, 0.6) is 0 Å². The Balaban J connectivity index is 1.85. The van der Waals surface area contributed by atoms with Crippen molar-refractivity contribution in [2.75, 3.05) is 11.9 Å². The summed E-state index contributed by atoms with van der Waals surface area (Å²) in [6.45, 7) is 2.21.